The zero-order chi connectivity index (χ0) is 12.9. The van der Waals surface area contributed by atoms with Gasteiger partial charge in [0.2, 0.25) is 0 Å². The minimum absolute atomic E-state index is 0.455. The maximum absolute atomic E-state index is 5.48. The van der Waals surface area contributed by atoms with Gasteiger partial charge in [0.1, 0.15) is 5.75 Å². The fourth-order valence-corrected chi connectivity index (χ4v) is 5.03. The molecular weight excluding hydrogens is 234 g/mol. The number of rotatable bonds is 1. The molecule has 1 aliphatic heterocycles. The third-order valence-corrected chi connectivity index (χ3v) is 5.85. The van der Waals surface area contributed by atoms with Crippen LogP contribution in [0, 0.1) is 5.92 Å². The van der Waals surface area contributed by atoms with Gasteiger partial charge in [-0.1, -0.05) is 18.9 Å². The first kappa shape index (κ1) is 11.8. The van der Waals surface area contributed by atoms with Crippen LogP contribution in [0.25, 0.3) is 0 Å². The van der Waals surface area contributed by atoms with Crippen molar-refractivity contribution in [2.75, 3.05) is 13.7 Å². The molecule has 1 saturated heterocycles. The molecule has 4 rings (SSSR count). The van der Waals surface area contributed by atoms with Crippen LogP contribution in [0.1, 0.15) is 43.2 Å². The summed E-state index contributed by atoms with van der Waals surface area (Å²) in [5.41, 5.74) is 3.64. The zero-order valence-electron chi connectivity index (χ0n) is 11.7. The molecule has 19 heavy (non-hydrogen) atoms. The lowest BCUT2D eigenvalue weighted by Gasteiger charge is -2.56. The van der Waals surface area contributed by atoms with Gasteiger partial charge in [-0.2, -0.15) is 0 Å². The Morgan fingerprint density at radius 1 is 1.26 bits per heavy atom. The molecule has 0 unspecified atom stereocenters. The first-order chi connectivity index (χ1) is 9.33. The summed E-state index contributed by atoms with van der Waals surface area (Å²) in [6.45, 7) is 1.19. The van der Waals surface area contributed by atoms with Gasteiger partial charge in [0, 0.05) is 11.5 Å². The van der Waals surface area contributed by atoms with Gasteiger partial charge in [-0.05, 0) is 61.4 Å². The van der Waals surface area contributed by atoms with E-state index in [1.54, 1.807) is 18.2 Å². The predicted octanol–water partition coefficient (Wildman–Crippen LogP) is 3.04. The van der Waals surface area contributed by atoms with Gasteiger partial charge < -0.3 is 10.1 Å². The van der Waals surface area contributed by atoms with Crippen molar-refractivity contribution < 1.29 is 4.74 Å². The fraction of sp³-hybridized carbons (Fsp3) is 0.647. The Morgan fingerprint density at radius 3 is 3.11 bits per heavy atom. The van der Waals surface area contributed by atoms with Crippen molar-refractivity contribution >= 4 is 0 Å². The van der Waals surface area contributed by atoms with E-state index in [1.807, 2.05) is 0 Å². The summed E-state index contributed by atoms with van der Waals surface area (Å²) in [4.78, 5) is 0. The van der Waals surface area contributed by atoms with Crippen LogP contribution >= 0.6 is 0 Å². The van der Waals surface area contributed by atoms with Crippen LogP contribution in [-0.4, -0.2) is 19.7 Å². The van der Waals surface area contributed by atoms with Gasteiger partial charge in [0.15, 0.2) is 0 Å². The largest absolute Gasteiger partial charge is 0.497 e. The Labute approximate surface area is 115 Å². The summed E-state index contributed by atoms with van der Waals surface area (Å²) in [6.07, 6.45) is 8.15. The monoisotopic (exact) mass is 257 g/mol. The van der Waals surface area contributed by atoms with Gasteiger partial charge in [-0.25, -0.2) is 0 Å². The molecule has 3 aliphatic rings. The lowest BCUT2D eigenvalue weighted by atomic mass is 9.53. The van der Waals surface area contributed by atoms with Crippen molar-refractivity contribution in [2.24, 2.45) is 5.92 Å². The first-order valence-corrected chi connectivity index (χ1v) is 7.74. The van der Waals surface area contributed by atoms with Crippen molar-refractivity contribution in [1.82, 2.24) is 5.32 Å². The van der Waals surface area contributed by atoms with Gasteiger partial charge >= 0.3 is 0 Å². The molecule has 2 bridgehead atoms. The Balaban J connectivity index is 1.88. The quantitative estimate of drug-likeness (QED) is 0.835. The van der Waals surface area contributed by atoms with E-state index in [4.69, 9.17) is 4.74 Å². The number of piperidine rings is 1. The average molecular weight is 257 g/mol. The van der Waals surface area contributed by atoms with E-state index in [0.29, 0.717) is 5.41 Å². The Kier molecular flexibility index (Phi) is 2.63. The molecule has 1 N–H and O–H groups in total. The number of hydrogen-bond donors (Lipinski definition) is 1. The van der Waals surface area contributed by atoms with Crippen LogP contribution in [0.3, 0.4) is 0 Å². The molecule has 2 nitrogen and oxygen atoms in total. The summed E-state index contributed by atoms with van der Waals surface area (Å²) in [5, 5.41) is 3.78. The van der Waals surface area contributed by atoms with E-state index < -0.39 is 0 Å². The molecule has 0 aromatic heterocycles. The minimum Gasteiger partial charge on any atom is -0.497 e. The van der Waals surface area contributed by atoms with Gasteiger partial charge in [-0.3, -0.25) is 0 Å². The van der Waals surface area contributed by atoms with Crippen molar-refractivity contribution in [1.29, 1.82) is 0 Å². The predicted molar refractivity (Wildman–Crippen MR) is 76.7 cm³/mol. The molecule has 1 aromatic carbocycles. The molecule has 1 heterocycles. The highest BCUT2D eigenvalue weighted by Gasteiger charge is 2.51. The highest BCUT2D eigenvalue weighted by Crippen LogP contribution is 2.54. The van der Waals surface area contributed by atoms with Crippen LogP contribution in [0.4, 0.5) is 0 Å². The Morgan fingerprint density at radius 2 is 2.21 bits per heavy atom. The van der Waals surface area contributed by atoms with Gasteiger partial charge in [0.05, 0.1) is 7.11 Å². The summed E-state index contributed by atoms with van der Waals surface area (Å²) >= 11 is 0. The summed E-state index contributed by atoms with van der Waals surface area (Å²) in [7, 11) is 1.78. The van der Waals surface area contributed by atoms with Crippen LogP contribution < -0.4 is 10.1 Å². The zero-order valence-corrected chi connectivity index (χ0v) is 11.7. The summed E-state index contributed by atoms with van der Waals surface area (Å²) in [6, 6.07) is 7.50. The van der Waals surface area contributed by atoms with E-state index in [0.717, 1.165) is 17.7 Å². The van der Waals surface area contributed by atoms with E-state index in [9.17, 15) is 0 Å². The molecule has 0 amide bonds. The second kappa shape index (κ2) is 4.24. The molecule has 0 radical (unpaired) electrons. The number of nitrogens with one attached hydrogen (secondary N) is 1. The lowest BCUT2D eigenvalue weighted by molar-refractivity contribution is 0.0795. The van der Waals surface area contributed by atoms with Crippen LogP contribution in [0.15, 0.2) is 18.2 Å². The van der Waals surface area contributed by atoms with Gasteiger partial charge in [-0.15, -0.1) is 0 Å². The van der Waals surface area contributed by atoms with Crippen molar-refractivity contribution in [3.8, 4) is 5.75 Å². The van der Waals surface area contributed by atoms with Crippen molar-refractivity contribution in [3.05, 3.63) is 29.3 Å². The SMILES string of the molecule is COc1ccc2c(c1)[C@]13CCCC[C@H]1[C@H](C2)NCC3. The topological polar surface area (TPSA) is 21.3 Å². The molecule has 3 atom stereocenters. The molecule has 2 fully saturated rings. The lowest BCUT2D eigenvalue weighted by Crippen LogP contribution is -2.59. The van der Waals surface area contributed by atoms with Crippen LogP contribution in [0.5, 0.6) is 5.75 Å². The Bertz CT molecular complexity index is 494. The molecule has 2 heteroatoms. The second-order valence-electron chi connectivity index (χ2n) is 6.55. The summed E-state index contributed by atoms with van der Waals surface area (Å²) in [5.74, 6) is 1.89. The van der Waals surface area contributed by atoms with E-state index in [2.05, 4.69) is 23.5 Å². The molecular formula is C17H23NO. The number of ether oxygens (including phenoxy) is 1. The number of hydrogen-bond acceptors (Lipinski definition) is 2. The fourth-order valence-electron chi connectivity index (χ4n) is 5.03. The molecule has 1 saturated carbocycles. The van der Waals surface area contributed by atoms with E-state index in [-0.39, 0.29) is 0 Å². The molecule has 2 aliphatic carbocycles. The first-order valence-electron chi connectivity index (χ1n) is 7.74. The molecule has 102 valence electrons. The smallest absolute Gasteiger partial charge is 0.119 e. The normalized spacial score (nSPS) is 36.3. The standard InChI is InChI=1S/C17H23NO/c1-19-13-6-5-12-10-16-14-4-2-3-7-17(14,8-9-18-16)15(12)11-13/h5-6,11,14,16,18H,2-4,7-10H2,1H3/t14-,16-,17-/m0/s1. The molecule has 1 aromatic rings. The van der Waals surface area contributed by atoms with Crippen molar-refractivity contribution in [3.63, 3.8) is 0 Å². The van der Waals surface area contributed by atoms with E-state index >= 15 is 0 Å². The summed E-state index contributed by atoms with van der Waals surface area (Å²) < 4.78 is 5.48. The molecule has 0 spiro atoms. The number of fused-ring (bicyclic) bond motifs is 1. The Hall–Kier alpha value is -1.02. The number of benzene rings is 1. The van der Waals surface area contributed by atoms with Crippen molar-refractivity contribution in [2.45, 2.75) is 50.0 Å². The average Bonchev–Trinajstić information content (AvgIpc) is 2.47. The van der Waals surface area contributed by atoms with Crippen LogP contribution in [0.2, 0.25) is 0 Å². The second-order valence-corrected chi connectivity index (χ2v) is 6.55. The maximum atomic E-state index is 5.48. The van der Waals surface area contributed by atoms with Crippen LogP contribution in [-0.2, 0) is 11.8 Å². The highest BCUT2D eigenvalue weighted by atomic mass is 16.5. The van der Waals surface area contributed by atoms with E-state index in [1.165, 1.54) is 45.1 Å². The minimum atomic E-state index is 0.455. The number of methoxy groups -OCH3 is 1. The third-order valence-electron chi connectivity index (χ3n) is 5.85. The third kappa shape index (κ3) is 1.59. The highest BCUT2D eigenvalue weighted by molar-refractivity contribution is 5.45. The van der Waals surface area contributed by atoms with Gasteiger partial charge in [0.25, 0.3) is 0 Å². The maximum Gasteiger partial charge on any atom is 0.119 e.